The van der Waals surface area contributed by atoms with E-state index in [9.17, 15) is 13.5 Å². The Morgan fingerprint density at radius 2 is 1.83 bits per heavy atom. The summed E-state index contributed by atoms with van der Waals surface area (Å²) in [7, 11) is -0.150. The monoisotopic (exact) mass is 500 g/mol. The van der Waals surface area contributed by atoms with Crippen molar-refractivity contribution < 1.29 is 23.0 Å². The van der Waals surface area contributed by atoms with Crippen LogP contribution in [0, 0.1) is 0 Å². The lowest BCUT2D eigenvalue weighted by molar-refractivity contribution is 0.222. The average Bonchev–Trinajstić information content (AvgIpc) is 2.86. The van der Waals surface area contributed by atoms with Gasteiger partial charge in [-0.1, -0.05) is 13.3 Å². The van der Waals surface area contributed by atoms with Crippen molar-refractivity contribution >= 4 is 20.9 Å². The summed E-state index contributed by atoms with van der Waals surface area (Å²) in [6, 6.07) is 6.39. The Bertz CT molecular complexity index is 1320. The van der Waals surface area contributed by atoms with Gasteiger partial charge < -0.3 is 19.5 Å². The molecule has 1 N–H and O–H groups in total. The van der Waals surface area contributed by atoms with E-state index in [1.165, 1.54) is 4.31 Å². The van der Waals surface area contributed by atoms with Crippen LogP contribution in [0.1, 0.15) is 25.8 Å². The molecule has 1 saturated heterocycles. The molecular weight excluding hydrogens is 468 g/mol. The Morgan fingerprint density at radius 1 is 1.09 bits per heavy atom. The number of hydrogen-bond donors (Lipinski definition) is 1. The minimum atomic E-state index is -3.69. The molecule has 1 aromatic heterocycles. The van der Waals surface area contributed by atoms with Gasteiger partial charge in [-0.2, -0.15) is 4.31 Å². The number of phenolic OH excluding ortho intramolecular Hbond substituents is 1. The molecule has 0 amide bonds. The highest BCUT2D eigenvalue weighted by atomic mass is 32.2. The number of methoxy groups -OCH3 is 1. The van der Waals surface area contributed by atoms with E-state index in [2.05, 4.69) is 16.8 Å². The highest BCUT2D eigenvalue weighted by molar-refractivity contribution is 7.89. The maximum absolute atomic E-state index is 13.4. The molecule has 0 radical (unpaired) electrons. The summed E-state index contributed by atoms with van der Waals surface area (Å²) in [4.78, 5) is 11.5. The maximum atomic E-state index is 13.4. The first-order valence-electron chi connectivity index (χ1n) is 11.8. The Morgan fingerprint density at radius 3 is 2.49 bits per heavy atom. The van der Waals surface area contributed by atoms with Gasteiger partial charge in [-0.25, -0.2) is 18.4 Å². The third-order valence-electron chi connectivity index (χ3n) is 6.23. The van der Waals surface area contributed by atoms with Crippen molar-refractivity contribution in [3.05, 3.63) is 36.0 Å². The molecule has 4 rings (SSSR count). The van der Waals surface area contributed by atoms with E-state index in [1.54, 1.807) is 37.6 Å². The number of rotatable bonds is 8. The second-order valence-electron chi connectivity index (χ2n) is 8.58. The number of piperazine rings is 1. The Labute approximate surface area is 206 Å². The molecule has 188 valence electrons. The standard InChI is InChI=1S/C25H32N4O5S/c1-5-7-18-23(33-4)15-21(30)20-16-26-25(27-24(18)20)19-14-17(8-9-22(19)34-6-2)35(31,32)29-12-10-28(3)11-13-29/h8-9,14-16,30H,5-7,10-13H2,1-4H3. The van der Waals surface area contributed by atoms with Gasteiger partial charge in [0.2, 0.25) is 10.0 Å². The van der Waals surface area contributed by atoms with Crippen LogP contribution in [0.5, 0.6) is 17.2 Å². The van der Waals surface area contributed by atoms with E-state index in [1.807, 2.05) is 14.0 Å². The molecule has 35 heavy (non-hydrogen) atoms. The number of sulfonamides is 1. The number of benzene rings is 2. The first-order valence-corrected chi connectivity index (χ1v) is 13.3. The fourth-order valence-electron chi connectivity index (χ4n) is 4.31. The van der Waals surface area contributed by atoms with Crippen molar-refractivity contribution in [3.8, 4) is 28.6 Å². The lowest BCUT2D eigenvalue weighted by Gasteiger charge is -2.31. The van der Waals surface area contributed by atoms with Crippen molar-refractivity contribution in [1.29, 1.82) is 0 Å². The van der Waals surface area contributed by atoms with Crippen LogP contribution in [0.25, 0.3) is 22.3 Å². The van der Waals surface area contributed by atoms with Crippen LogP contribution in [0.3, 0.4) is 0 Å². The minimum Gasteiger partial charge on any atom is -0.507 e. The maximum Gasteiger partial charge on any atom is 0.243 e. The zero-order chi connectivity index (χ0) is 25.2. The van der Waals surface area contributed by atoms with Gasteiger partial charge in [-0.15, -0.1) is 0 Å². The van der Waals surface area contributed by atoms with E-state index >= 15 is 0 Å². The summed E-state index contributed by atoms with van der Waals surface area (Å²) in [6.45, 7) is 6.56. The number of aryl methyl sites for hydroxylation is 1. The molecule has 9 nitrogen and oxygen atoms in total. The van der Waals surface area contributed by atoms with Crippen LogP contribution >= 0.6 is 0 Å². The zero-order valence-corrected chi connectivity index (χ0v) is 21.4. The summed E-state index contributed by atoms with van der Waals surface area (Å²) in [5.74, 6) is 1.40. The Balaban J connectivity index is 1.86. The topological polar surface area (TPSA) is 105 Å². The van der Waals surface area contributed by atoms with E-state index in [0.29, 0.717) is 73.0 Å². The summed E-state index contributed by atoms with van der Waals surface area (Å²) < 4.78 is 39.6. The van der Waals surface area contributed by atoms with Gasteiger partial charge in [0.1, 0.15) is 17.2 Å². The molecule has 0 aliphatic carbocycles. The predicted octanol–water partition coefficient (Wildman–Crippen LogP) is 3.30. The molecule has 10 heteroatoms. The SMILES string of the molecule is CCCc1c(OC)cc(O)c2cnc(-c3cc(S(=O)(=O)N4CCN(C)CC4)ccc3OCC)nc12. The number of phenols is 1. The quantitative estimate of drug-likeness (QED) is 0.502. The van der Waals surface area contributed by atoms with Gasteiger partial charge in [0.05, 0.1) is 35.1 Å². The molecule has 2 aromatic carbocycles. The van der Waals surface area contributed by atoms with Crippen molar-refractivity contribution in [3.63, 3.8) is 0 Å². The Kier molecular flexibility index (Phi) is 7.44. The number of nitrogens with zero attached hydrogens (tertiary/aromatic N) is 4. The van der Waals surface area contributed by atoms with E-state index in [4.69, 9.17) is 14.5 Å². The number of hydrogen-bond acceptors (Lipinski definition) is 8. The van der Waals surface area contributed by atoms with E-state index in [-0.39, 0.29) is 10.6 Å². The van der Waals surface area contributed by atoms with Gasteiger partial charge in [-0.3, -0.25) is 0 Å². The molecule has 0 unspecified atom stereocenters. The van der Waals surface area contributed by atoms with Crippen LogP contribution in [0.4, 0.5) is 0 Å². The molecule has 2 heterocycles. The molecule has 1 fully saturated rings. The lowest BCUT2D eigenvalue weighted by Crippen LogP contribution is -2.47. The van der Waals surface area contributed by atoms with Crippen LogP contribution in [0.15, 0.2) is 35.4 Å². The van der Waals surface area contributed by atoms with Gasteiger partial charge >= 0.3 is 0 Å². The highest BCUT2D eigenvalue weighted by Crippen LogP contribution is 2.37. The number of ether oxygens (including phenoxy) is 2. The average molecular weight is 501 g/mol. The third kappa shape index (κ3) is 4.91. The van der Waals surface area contributed by atoms with Crippen molar-refractivity contribution in [1.82, 2.24) is 19.2 Å². The summed E-state index contributed by atoms with van der Waals surface area (Å²) in [5.41, 5.74) is 1.92. The minimum absolute atomic E-state index is 0.0275. The molecule has 3 aromatic rings. The first kappa shape index (κ1) is 25.2. The first-order chi connectivity index (χ1) is 16.8. The molecule has 1 aliphatic heterocycles. The van der Waals surface area contributed by atoms with Crippen molar-refractivity contribution in [2.75, 3.05) is 46.9 Å². The van der Waals surface area contributed by atoms with Crippen LogP contribution in [-0.4, -0.2) is 79.6 Å². The Hall–Kier alpha value is -2.95. The number of likely N-dealkylation sites (N-methyl/N-ethyl adjacent to an activating group) is 1. The van der Waals surface area contributed by atoms with E-state index in [0.717, 1.165) is 12.0 Å². The van der Waals surface area contributed by atoms with Crippen LogP contribution in [-0.2, 0) is 16.4 Å². The van der Waals surface area contributed by atoms with Crippen molar-refractivity contribution in [2.24, 2.45) is 0 Å². The summed E-state index contributed by atoms with van der Waals surface area (Å²) in [5, 5.41) is 11.0. The third-order valence-corrected chi connectivity index (χ3v) is 8.12. The fraction of sp³-hybridized carbons (Fsp3) is 0.440. The zero-order valence-electron chi connectivity index (χ0n) is 20.6. The highest BCUT2D eigenvalue weighted by Gasteiger charge is 2.29. The molecule has 0 bridgehead atoms. The molecule has 0 saturated carbocycles. The summed E-state index contributed by atoms with van der Waals surface area (Å²) in [6.07, 6.45) is 3.12. The smallest absolute Gasteiger partial charge is 0.243 e. The lowest BCUT2D eigenvalue weighted by atomic mass is 10.0. The van der Waals surface area contributed by atoms with Crippen molar-refractivity contribution in [2.45, 2.75) is 31.6 Å². The van der Waals surface area contributed by atoms with Gasteiger partial charge in [0.15, 0.2) is 5.82 Å². The molecule has 0 atom stereocenters. The predicted molar refractivity (Wildman–Crippen MR) is 135 cm³/mol. The fourth-order valence-corrected chi connectivity index (χ4v) is 5.76. The number of aromatic hydroxyl groups is 1. The van der Waals surface area contributed by atoms with Crippen LogP contribution < -0.4 is 9.47 Å². The second kappa shape index (κ2) is 10.3. The van der Waals surface area contributed by atoms with E-state index < -0.39 is 10.0 Å². The molecule has 0 spiro atoms. The van der Waals surface area contributed by atoms with Crippen LogP contribution in [0.2, 0.25) is 0 Å². The second-order valence-corrected chi connectivity index (χ2v) is 10.5. The number of aromatic nitrogens is 2. The largest absolute Gasteiger partial charge is 0.507 e. The molecular formula is C25H32N4O5S. The molecule has 1 aliphatic rings. The number of fused-ring (bicyclic) bond motifs is 1. The summed E-state index contributed by atoms with van der Waals surface area (Å²) >= 11 is 0. The van der Waals surface area contributed by atoms with Gasteiger partial charge in [0.25, 0.3) is 0 Å². The van der Waals surface area contributed by atoms with Gasteiger partial charge in [0, 0.05) is 44.0 Å². The van der Waals surface area contributed by atoms with Gasteiger partial charge in [-0.05, 0) is 38.6 Å². The normalized spacial score (nSPS) is 15.4.